The van der Waals surface area contributed by atoms with E-state index in [0.29, 0.717) is 0 Å². The maximum atomic E-state index is 5.91. The van der Waals surface area contributed by atoms with Crippen LogP contribution in [0.15, 0.2) is 22.7 Å². The van der Waals surface area contributed by atoms with E-state index in [0.717, 1.165) is 10.9 Å². The second-order valence-electron chi connectivity index (χ2n) is 3.08. The highest BCUT2D eigenvalue weighted by Crippen LogP contribution is 2.20. The van der Waals surface area contributed by atoms with Gasteiger partial charge in [-0.25, -0.2) is 0 Å². The molecule has 66 valence electrons. The van der Waals surface area contributed by atoms with Crippen molar-refractivity contribution in [3.63, 3.8) is 0 Å². The van der Waals surface area contributed by atoms with Crippen molar-refractivity contribution >= 4 is 15.9 Å². The summed E-state index contributed by atoms with van der Waals surface area (Å²) in [5, 5.41) is 0. The minimum atomic E-state index is 0.168. The van der Waals surface area contributed by atoms with Gasteiger partial charge in [-0.15, -0.1) is 0 Å². The van der Waals surface area contributed by atoms with E-state index in [1.807, 2.05) is 0 Å². The van der Waals surface area contributed by atoms with Crippen molar-refractivity contribution in [2.45, 2.75) is 26.3 Å². The lowest BCUT2D eigenvalue weighted by Gasteiger charge is -2.10. The van der Waals surface area contributed by atoms with E-state index in [1.165, 1.54) is 11.1 Å². The van der Waals surface area contributed by atoms with Crippen molar-refractivity contribution in [2.24, 2.45) is 5.73 Å². The first-order valence-electron chi connectivity index (χ1n) is 4.16. The summed E-state index contributed by atoms with van der Waals surface area (Å²) in [6, 6.07) is 6.48. The minimum absolute atomic E-state index is 0.168. The van der Waals surface area contributed by atoms with E-state index in [-0.39, 0.29) is 6.04 Å². The Morgan fingerprint density at radius 3 is 2.58 bits per heavy atom. The number of halogens is 1. The fourth-order valence-electron chi connectivity index (χ4n) is 1.21. The van der Waals surface area contributed by atoms with Crippen molar-refractivity contribution in [1.82, 2.24) is 0 Å². The van der Waals surface area contributed by atoms with Gasteiger partial charge in [0.2, 0.25) is 0 Å². The van der Waals surface area contributed by atoms with Gasteiger partial charge in [-0.1, -0.05) is 28.9 Å². The Labute approximate surface area is 82.1 Å². The van der Waals surface area contributed by atoms with E-state index in [1.54, 1.807) is 0 Å². The Hall–Kier alpha value is -0.340. The molecule has 1 aromatic rings. The van der Waals surface area contributed by atoms with E-state index in [4.69, 9.17) is 5.73 Å². The van der Waals surface area contributed by atoms with Gasteiger partial charge < -0.3 is 5.73 Å². The summed E-state index contributed by atoms with van der Waals surface area (Å²) in [7, 11) is 0. The number of rotatable bonds is 2. The van der Waals surface area contributed by atoms with E-state index in [9.17, 15) is 0 Å². The third-order valence-corrected chi connectivity index (χ3v) is 2.39. The molecule has 0 saturated carbocycles. The molecule has 0 fully saturated rings. The van der Waals surface area contributed by atoms with Crippen LogP contribution in [-0.2, 0) is 0 Å². The quantitative estimate of drug-likeness (QED) is 0.826. The lowest BCUT2D eigenvalue weighted by Crippen LogP contribution is -2.08. The number of aryl methyl sites for hydroxylation is 1. The smallest absolute Gasteiger partial charge is 0.0292 e. The number of nitrogens with two attached hydrogens (primary N) is 1. The van der Waals surface area contributed by atoms with Crippen molar-refractivity contribution in [2.75, 3.05) is 0 Å². The molecule has 0 bridgehead atoms. The second kappa shape index (κ2) is 4.06. The summed E-state index contributed by atoms with van der Waals surface area (Å²) in [5.74, 6) is 0. The predicted octanol–water partition coefficient (Wildman–Crippen LogP) is 3.17. The van der Waals surface area contributed by atoms with Crippen LogP contribution >= 0.6 is 15.9 Å². The molecule has 12 heavy (non-hydrogen) atoms. The van der Waals surface area contributed by atoms with Crippen LogP contribution in [-0.4, -0.2) is 0 Å². The molecule has 1 atom stereocenters. The van der Waals surface area contributed by atoms with Crippen LogP contribution in [0.2, 0.25) is 0 Å². The average Bonchev–Trinajstić information content (AvgIpc) is 2.01. The van der Waals surface area contributed by atoms with Gasteiger partial charge in [-0.3, -0.25) is 0 Å². The Kier molecular flexibility index (Phi) is 3.29. The summed E-state index contributed by atoms with van der Waals surface area (Å²) in [4.78, 5) is 0. The summed E-state index contributed by atoms with van der Waals surface area (Å²) >= 11 is 3.45. The van der Waals surface area contributed by atoms with Crippen molar-refractivity contribution in [3.8, 4) is 0 Å². The molecular formula is C10H14BrN. The zero-order valence-corrected chi connectivity index (χ0v) is 9.06. The van der Waals surface area contributed by atoms with Gasteiger partial charge in [0.05, 0.1) is 0 Å². The van der Waals surface area contributed by atoms with E-state index in [2.05, 4.69) is 48.0 Å². The molecule has 0 aliphatic carbocycles. The second-order valence-corrected chi connectivity index (χ2v) is 3.99. The van der Waals surface area contributed by atoms with Crippen LogP contribution in [0, 0.1) is 6.92 Å². The summed E-state index contributed by atoms with van der Waals surface area (Å²) in [6.07, 6.45) is 0.982. The molecule has 0 saturated heterocycles. The first-order valence-corrected chi connectivity index (χ1v) is 4.95. The minimum Gasteiger partial charge on any atom is -0.324 e. The Bertz CT molecular complexity index is 250. The third kappa shape index (κ3) is 2.32. The fourth-order valence-corrected chi connectivity index (χ4v) is 1.84. The molecule has 0 heterocycles. The zero-order valence-electron chi connectivity index (χ0n) is 7.47. The highest BCUT2D eigenvalue weighted by molar-refractivity contribution is 9.10. The topological polar surface area (TPSA) is 26.0 Å². The maximum absolute atomic E-state index is 5.91. The normalized spacial score (nSPS) is 13.0. The van der Waals surface area contributed by atoms with Crippen LogP contribution < -0.4 is 5.73 Å². The van der Waals surface area contributed by atoms with Gasteiger partial charge in [0.1, 0.15) is 0 Å². The molecule has 2 N–H and O–H groups in total. The SMILES string of the molecule is CCC(N)c1cc(C)cc(Br)c1. The van der Waals surface area contributed by atoms with Gasteiger partial charge in [-0.2, -0.15) is 0 Å². The molecule has 0 radical (unpaired) electrons. The maximum Gasteiger partial charge on any atom is 0.0292 e. The molecule has 1 nitrogen and oxygen atoms in total. The lowest BCUT2D eigenvalue weighted by molar-refractivity contribution is 0.697. The van der Waals surface area contributed by atoms with Crippen LogP contribution in [0.1, 0.15) is 30.5 Å². The van der Waals surface area contributed by atoms with Crippen LogP contribution in [0.25, 0.3) is 0 Å². The molecule has 1 unspecified atom stereocenters. The van der Waals surface area contributed by atoms with Crippen molar-refractivity contribution < 1.29 is 0 Å². The van der Waals surface area contributed by atoms with Crippen molar-refractivity contribution in [3.05, 3.63) is 33.8 Å². The van der Waals surface area contributed by atoms with Gasteiger partial charge in [0, 0.05) is 10.5 Å². The first-order chi connectivity index (χ1) is 5.63. The molecule has 1 aromatic carbocycles. The molecule has 2 heteroatoms. The van der Waals surface area contributed by atoms with Gasteiger partial charge in [-0.05, 0) is 36.6 Å². The highest BCUT2D eigenvalue weighted by atomic mass is 79.9. The summed E-state index contributed by atoms with van der Waals surface area (Å²) < 4.78 is 1.11. The average molecular weight is 228 g/mol. The standard InChI is InChI=1S/C10H14BrN/c1-3-10(12)8-4-7(2)5-9(11)6-8/h4-6,10H,3,12H2,1-2H3. The number of benzene rings is 1. The van der Waals surface area contributed by atoms with Gasteiger partial charge >= 0.3 is 0 Å². The Balaban J connectivity index is 3.00. The zero-order chi connectivity index (χ0) is 9.14. The molecule has 0 aliphatic heterocycles. The van der Waals surface area contributed by atoms with Crippen LogP contribution in [0.4, 0.5) is 0 Å². The molecule has 0 aromatic heterocycles. The molecule has 1 rings (SSSR count). The molecular weight excluding hydrogens is 214 g/mol. The van der Waals surface area contributed by atoms with Crippen LogP contribution in [0.5, 0.6) is 0 Å². The predicted molar refractivity (Wildman–Crippen MR) is 56.1 cm³/mol. The molecule has 0 spiro atoms. The molecule has 0 amide bonds. The summed E-state index contributed by atoms with van der Waals surface area (Å²) in [5.41, 5.74) is 8.38. The molecule has 0 aliphatic rings. The largest absolute Gasteiger partial charge is 0.324 e. The van der Waals surface area contributed by atoms with Crippen LogP contribution in [0.3, 0.4) is 0 Å². The van der Waals surface area contributed by atoms with E-state index >= 15 is 0 Å². The van der Waals surface area contributed by atoms with Gasteiger partial charge in [0.25, 0.3) is 0 Å². The summed E-state index contributed by atoms with van der Waals surface area (Å²) in [6.45, 7) is 4.18. The lowest BCUT2D eigenvalue weighted by atomic mass is 10.0. The fraction of sp³-hybridized carbons (Fsp3) is 0.400. The number of hydrogen-bond acceptors (Lipinski definition) is 1. The van der Waals surface area contributed by atoms with Gasteiger partial charge in [0.15, 0.2) is 0 Å². The van der Waals surface area contributed by atoms with Crippen molar-refractivity contribution in [1.29, 1.82) is 0 Å². The number of hydrogen-bond donors (Lipinski definition) is 1. The third-order valence-electron chi connectivity index (χ3n) is 1.93. The Morgan fingerprint density at radius 1 is 1.42 bits per heavy atom. The van der Waals surface area contributed by atoms with E-state index < -0.39 is 0 Å². The first kappa shape index (κ1) is 9.75. The monoisotopic (exact) mass is 227 g/mol. The Morgan fingerprint density at radius 2 is 2.08 bits per heavy atom. The highest BCUT2D eigenvalue weighted by Gasteiger charge is 2.03.